The first-order valence-electron chi connectivity index (χ1n) is 9.42. The van der Waals surface area contributed by atoms with E-state index in [1.54, 1.807) is 0 Å². The lowest BCUT2D eigenvalue weighted by molar-refractivity contribution is 0.129. The number of aliphatic hydroxyl groups excluding tert-OH is 1. The van der Waals surface area contributed by atoms with E-state index >= 15 is 0 Å². The zero-order chi connectivity index (χ0) is 16.9. The summed E-state index contributed by atoms with van der Waals surface area (Å²) >= 11 is 0. The van der Waals surface area contributed by atoms with E-state index < -0.39 is 0 Å². The van der Waals surface area contributed by atoms with Crippen LogP contribution in [0, 0.1) is 11.8 Å². The summed E-state index contributed by atoms with van der Waals surface area (Å²) < 4.78 is 0. The predicted octanol–water partition coefficient (Wildman–Crippen LogP) is 3.72. The van der Waals surface area contributed by atoms with Gasteiger partial charge in [0, 0.05) is 19.0 Å². The molecule has 0 bridgehead atoms. The van der Waals surface area contributed by atoms with Gasteiger partial charge >= 0.3 is 6.03 Å². The molecule has 3 rings (SSSR count). The van der Waals surface area contributed by atoms with Gasteiger partial charge in [-0.25, -0.2) is 4.79 Å². The topological polar surface area (TPSA) is 52.6 Å². The number of hydrogen-bond donors (Lipinski definition) is 2. The zero-order valence-electron chi connectivity index (χ0n) is 14.7. The molecule has 3 atom stereocenters. The number of urea groups is 1. The fourth-order valence-electron chi connectivity index (χ4n) is 4.15. The summed E-state index contributed by atoms with van der Waals surface area (Å²) in [6.07, 6.45) is 6.80. The van der Waals surface area contributed by atoms with Gasteiger partial charge < -0.3 is 15.3 Å². The third-order valence-corrected chi connectivity index (χ3v) is 5.74. The van der Waals surface area contributed by atoms with Gasteiger partial charge in [0.2, 0.25) is 0 Å². The lowest BCUT2D eigenvalue weighted by Gasteiger charge is -2.26. The minimum absolute atomic E-state index is 0.0185. The van der Waals surface area contributed by atoms with Gasteiger partial charge in [-0.15, -0.1) is 0 Å². The maximum atomic E-state index is 12.7. The number of carbonyl (C=O) groups excluding carboxylic acids is 1. The Morgan fingerprint density at radius 2 is 1.96 bits per heavy atom. The molecular formula is C20H30N2O2. The van der Waals surface area contributed by atoms with Crippen LogP contribution in [0.4, 0.5) is 4.79 Å². The Morgan fingerprint density at radius 3 is 2.58 bits per heavy atom. The van der Waals surface area contributed by atoms with Crippen LogP contribution in [0.15, 0.2) is 30.3 Å². The molecule has 1 heterocycles. The summed E-state index contributed by atoms with van der Waals surface area (Å²) in [4.78, 5) is 14.6. The van der Waals surface area contributed by atoms with Gasteiger partial charge in [0.25, 0.3) is 0 Å². The molecule has 1 aromatic rings. The zero-order valence-corrected chi connectivity index (χ0v) is 14.7. The molecule has 0 aromatic heterocycles. The number of nitrogens with one attached hydrogen (secondary N) is 1. The van der Waals surface area contributed by atoms with Gasteiger partial charge in [-0.2, -0.15) is 0 Å². The first-order valence-corrected chi connectivity index (χ1v) is 9.42. The predicted molar refractivity (Wildman–Crippen MR) is 95.7 cm³/mol. The van der Waals surface area contributed by atoms with Gasteiger partial charge in [-0.1, -0.05) is 56.0 Å². The number of hydrogen-bond acceptors (Lipinski definition) is 2. The van der Waals surface area contributed by atoms with Crippen LogP contribution >= 0.6 is 0 Å². The number of likely N-dealkylation sites (tertiary alicyclic amines) is 1. The van der Waals surface area contributed by atoms with Crippen molar-refractivity contribution in [2.75, 3.05) is 13.1 Å². The first kappa shape index (κ1) is 17.3. The summed E-state index contributed by atoms with van der Waals surface area (Å²) in [5.41, 5.74) is 1.20. The molecule has 1 aromatic carbocycles. The van der Waals surface area contributed by atoms with Gasteiger partial charge in [0.15, 0.2) is 0 Å². The Labute approximate surface area is 145 Å². The summed E-state index contributed by atoms with van der Waals surface area (Å²) in [6, 6.07) is 10.4. The van der Waals surface area contributed by atoms with Crippen molar-refractivity contribution in [3.63, 3.8) is 0 Å². The Balaban J connectivity index is 1.64. The van der Waals surface area contributed by atoms with E-state index in [1.165, 1.54) is 31.2 Å². The standard InChI is InChI=1S/C20H30N2O2/c1-15(23)18-11-12-22(14-18)20(24)21-19(13-16-7-5-6-8-16)17-9-3-2-4-10-17/h2-4,9-10,15-16,18-19,23H,5-8,11-14H2,1H3,(H,21,24). The van der Waals surface area contributed by atoms with Crippen LogP contribution in [-0.2, 0) is 0 Å². The van der Waals surface area contributed by atoms with Gasteiger partial charge in [-0.3, -0.25) is 0 Å². The molecule has 2 amide bonds. The highest BCUT2D eigenvalue weighted by Gasteiger charge is 2.31. The maximum absolute atomic E-state index is 12.7. The van der Waals surface area contributed by atoms with Gasteiger partial charge in [0.05, 0.1) is 12.1 Å². The Kier molecular flexibility index (Phi) is 5.77. The molecule has 1 aliphatic heterocycles. The summed E-state index contributed by atoms with van der Waals surface area (Å²) in [5, 5.41) is 13.0. The van der Waals surface area contributed by atoms with Crippen molar-refractivity contribution in [3.05, 3.63) is 35.9 Å². The lowest BCUT2D eigenvalue weighted by atomic mass is 9.93. The monoisotopic (exact) mass is 330 g/mol. The minimum atomic E-state index is -0.341. The van der Waals surface area contributed by atoms with Crippen molar-refractivity contribution in [1.82, 2.24) is 10.2 Å². The highest BCUT2D eigenvalue weighted by molar-refractivity contribution is 5.75. The van der Waals surface area contributed by atoms with Crippen molar-refractivity contribution in [2.24, 2.45) is 11.8 Å². The molecule has 0 radical (unpaired) electrons. The third-order valence-electron chi connectivity index (χ3n) is 5.74. The van der Waals surface area contributed by atoms with Crippen LogP contribution in [0.1, 0.15) is 57.1 Å². The average molecular weight is 330 g/mol. The Bertz CT molecular complexity index is 526. The fourth-order valence-corrected chi connectivity index (χ4v) is 4.15. The van der Waals surface area contributed by atoms with E-state index in [1.807, 2.05) is 30.0 Å². The fraction of sp³-hybridized carbons (Fsp3) is 0.650. The number of rotatable bonds is 5. The normalized spacial score (nSPS) is 24.1. The van der Waals surface area contributed by atoms with E-state index in [4.69, 9.17) is 0 Å². The Morgan fingerprint density at radius 1 is 1.25 bits per heavy atom. The Hall–Kier alpha value is -1.55. The molecule has 2 N–H and O–H groups in total. The van der Waals surface area contributed by atoms with Crippen LogP contribution in [0.2, 0.25) is 0 Å². The molecule has 4 heteroatoms. The number of nitrogens with zero attached hydrogens (tertiary/aromatic N) is 1. The van der Waals surface area contributed by atoms with E-state index in [2.05, 4.69) is 17.4 Å². The molecule has 1 saturated heterocycles. The molecule has 4 nitrogen and oxygen atoms in total. The lowest BCUT2D eigenvalue weighted by Crippen LogP contribution is -2.41. The number of carbonyl (C=O) groups is 1. The van der Waals surface area contributed by atoms with Crippen LogP contribution in [0.5, 0.6) is 0 Å². The quantitative estimate of drug-likeness (QED) is 0.864. The summed E-state index contributed by atoms with van der Waals surface area (Å²) in [6.45, 7) is 3.22. The van der Waals surface area contributed by atoms with Crippen LogP contribution in [0.3, 0.4) is 0 Å². The minimum Gasteiger partial charge on any atom is -0.393 e. The van der Waals surface area contributed by atoms with Gasteiger partial charge in [-0.05, 0) is 31.2 Å². The van der Waals surface area contributed by atoms with Crippen molar-refractivity contribution in [1.29, 1.82) is 0 Å². The second-order valence-electron chi connectivity index (χ2n) is 7.53. The molecule has 2 fully saturated rings. The second-order valence-corrected chi connectivity index (χ2v) is 7.53. The van der Waals surface area contributed by atoms with E-state index in [0.717, 1.165) is 25.3 Å². The van der Waals surface area contributed by atoms with Crippen molar-refractivity contribution >= 4 is 6.03 Å². The maximum Gasteiger partial charge on any atom is 0.317 e. The summed E-state index contributed by atoms with van der Waals surface area (Å²) in [5.74, 6) is 0.931. The molecular weight excluding hydrogens is 300 g/mol. The molecule has 24 heavy (non-hydrogen) atoms. The van der Waals surface area contributed by atoms with E-state index in [-0.39, 0.29) is 24.1 Å². The van der Waals surface area contributed by atoms with Crippen molar-refractivity contribution in [2.45, 2.75) is 57.6 Å². The third kappa shape index (κ3) is 4.29. The number of amides is 2. The average Bonchev–Trinajstić information content (AvgIpc) is 3.26. The van der Waals surface area contributed by atoms with Crippen molar-refractivity contribution < 1.29 is 9.90 Å². The first-order chi connectivity index (χ1) is 11.6. The molecule has 3 unspecified atom stereocenters. The summed E-state index contributed by atoms with van der Waals surface area (Å²) in [7, 11) is 0. The van der Waals surface area contributed by atoms with Crippen LogP contribution in [0.25, 0.3) is 0 Å². The SMILES string of the molecule is CC(O)C1CCN(C(=O)NC(CC2CCCC2)c2ccccc2)C1. The highest BCUT2D eigenvalue weighted by atomic mass is 16.3. The highest BCUT2D eigenvalue weighted by Crippen LogP contribution is 2.33. The molecule has 0 spiro atoms. The molecule has 132 valence electrons. The molecule has 2 aliphatic rings. The van der Waals surface area contributed by atoms with Crippen molar-refractivity contribution in [3.8, 4) is 0 Å². The van der Waals surface area contributed by atoms with E-state index in [0.29, 0.717) is 6.54 Å². The van der Waals surface area contributed by atoms with Gasteiger partial charge in [0.1, 0.15) is 0 Å². The van der Waals surface area contributed by atoms with Crippen LogP contribution < -0.4 is 5.32 Å². The smallest absolute Gasteiger partial charge is 0.317 e. The van der Waals surface area contributed by atoms with Crippen LogP contribution in [-0.4, -0.2) is 35.2 Å². The molecule has 1 saturated carbocycles. The molecule has 1 aliphatic carbocycles. The second kappa shape index (κ2) is 8.02. The largest absolute Gasteiger partial charge is 0.393 e. The number of aliphatic hydroxyl groups is 1. The number of benzene rings is 1. The van der Waals surface area contributed by atoms with E-state index in [9.17, 15) is 9.90 Å².